The molecule has 1 heteroatoms. The Kier molecular flexibility index (Phi) is 2.23. The highest BCUT2D eigenvalue weighted by Gasteiger charge is 2.40. The molecule has 0 saturated carbocycles. The molecule has 0 N–H and O–H groups in total. The summed E-state index contributed by atoms with van der Waals surface area (Å²) < 4.78 is 0. The fraction of sp³-hybridized carbons (Fsp3) is 0.471. The minimum Gasteiger partial charge on any atom is -0.295 e. The van der Waals surface area contributed by atoms with E-state index in [2.05, 4.69) is 24.3 Å². The van der Waals surface area contributed by atoms with E-state index in [0.29, 0.717) is 17.6 Å². The zero-order valence-electron chi connectivity index (χ0n) is 10.6. The van der Waals surface area contributed by atoms with Crippen LogP contribution in [-0.2, 0) is 11.2 Å². The van der Waals surface area contributed by atoms with Crippen LogP contribution in [0.25, 0.3) is 0 Å². The molecule has 92 valence electrons. The summed E-state index contributed by atoms with van der Waals surface area (Å²) in [6.07, 6.45) is 6.67. The van der Waals surface area contributed by atoms with Crippen LogP contribution in [0.1, 0.15) is 49.1 Å². The van der Waals surface area contributed by atoms with Gasteiger partial charge < -0.3 is 0 Å². The summed E-state index contributed by atoms with van der Waals surface area (Å²) in [6.45, 7) is 0. The van der Waals surface area contributed by atoms with Crippen LogP contribution in [0.4, 0.5) is 0 Å². The molecule has 0 amide bonds. The number of hydrogen-bond acceptors (Lipinski definition) is 1. The van der Waals surface area contributed by atoms with Gasteiger partial charge in [0.05, 0.1) is 0 Å². The predicted molar refractivity (Wildman–Crippen MR) is 71.5 cm³/mol. The van der Waals surface area contributed by atoms with Crippen molar-refractivity contribution in [3.8, 4) is 0 Å². The molecule has 0 aliphatic heterocycles. The van der Waals surface area contributed by atoms with Crippen LogP contribution in [0.2, 0.25) is 0 Å². The summed E-state index contributed by atoms with van der Waals surface area (Å²) in [4.78, 5) is 12.3. The molecule has 0 spiro atoms. The second kappa shape index (κ2) is 3.81. The van der Waals surface area contributed by atoms with Gasteiger partial charge in [-0.2, -0.15) is 0 Å². The Morgan fingerprint density at radius 2 is 1.89 bits per heavy atom. The largest absolute Gasteiger partial charge is 0.295 e. The number of ketones is 1. The predicted octanol–water partition coefficient (Wildman–Crippen LogP) is 3.79. The second-order valence-electron chi connectivity index (χ2n) is 5.94. The average Bonchev–Trinajstić information content (AvgIpc) is 2.89. The van der Waals surface area contributed by atoms with Gasteiger partial charge in [-0.05, 0) is 60.6 Å². The number of allylic oxidation sites excluding steroid dienone is 2. The van der Waals surface area contributed by atoms with Crippen LogP contribution in [0.15, 0.2) is 35.4 Å². The van der Waals surface area contributed by atoms with Crippen molar-refractivity contribution in [2.75, 3.05) is 0 Å². The molecule has 0 fully saturated rings. The van der Waals surface area contributed by atoms with Crippen LogP contribution in [-0.4, -0.2) is 5.78 Å². The third-order valence-electron chi connectivity index (χ3n) is 5.11. The van der Waals surface area contributed by atoms with Gasteiger partial charge in [0.1, 0.15) is 0 Å². The summed E-state index contributed by atoms with van der Waals surface area (Å²) in [5.74, 6) is 1.61. The molecule has 0 saturated heterocycles. The maximum absolute atomic E-state index is 12.3. The lowest BCUT2D eigenvalue weighted by Crippen LogP contribution is -2.29. The first-order chi connectivity index (χ1) is 8.84. The number of fused-ring (bicyclic) bond motifs is 4. The maximum Gasteiger partial charge on any atom is 0.159 e. The highest BCUT2D eigenvalue weighted by Crippen LogP contribution is 2.50. The van der Waals surface area contributed by atoms with Crippen LogP contribution in [0.5, 0.6) is 0 Å². The number of carbonyl (C=O) groups excluding carboxylic acids is 1. The first-order valence-corrected chi connectivity index (χ1v) is 7.17. The lowest BCUT2D eigenvalue weighted by Gasteiger charge is -2.38. The molecule has 0 heterocycles. The molecule has 1 aromatic carbocycles. The standard InChI is InChI=1S/C17H18O/c18-17-10-16-12-5-2-1-4-11(12)8-9-14(16)13-6-3-7-15(13)17/h1-2,4-5,14,16H,3,6-10H2/t14-,16+/m0/s1. The molecule has 0 bridgehead atoms. The molecule has 3 aliphatic rings. The Labute approximate surface area is 108 Å². The summed E-state index contributed by atoms with van der Waals surface area (Å²) in [7, 11) is 0. The molecule has 3 aliphatic carbocycles. The average molecular weight is 238 g/mol. The third kappa shape index (κ3) is 1.36. The van der Waals surface area contributed by atoms with Crippen LogP contribution >= 0.6 is 0 Å². The highest BCUT2D eigenvalue weighted by molar-refractivity contribution is 5.98. The number of benzene rings is 1. The normalized spacial score (nSPS) is 29.9. The lowest BCUT2D eigenvalue weighted by molar-refractivity contribution is -0.116. The molecule has 0 unspecified atom stereocenters. The quantitative estimate of drug-likeness (QED) is 0.672. The Morgan fingerprint density at radius 1 is 1.00 bits per heavy atom. The minimum atomic E-state index is 0.445. The van der Waals surface area contributed by atoms with E-state index in [-0.39, 0.29) is 0 Å². The minimum absolute atomic E-state index is 0.445. The van der Waals surface area contributed by atoms with E-state index in [9.17, 15) is 4.79 Å². The molecule has 0 radical (unpaired) electrons. The molecule has 1 aromatic rings. The van der Waals surface area contributed by atoms with Gasteiger partial charge in [0.2, 0.25) is 0 Å². The monoisotopic (exact) mass is 238 g/mol. The van der Waals surface area contributed by atoms with Gasteiger partial charge in [-0.3, -0.25) is 4.79 Å². The number of aryl methyl sites for hydroxylation is 1. The van der Waals surface area contributed by atoms with Gasteiger partial charge >= 0.3 is 0 Å². The Hall–Kier alpha value is -1.37. The van der Waals surface area contributed by atoms with E-state index >= 15 is 0 Å². The highest BCUT2D eigenvalue weighted by atomic mass is 16.1. The SMILES string of the molecule is O=C1C[C@@H]2c3ccccc3CC[C@H]2C2=C1CCC2. The van der Waals surface area contributed by atoms with E-state index in [1.165, 1.54) is 48.0 Å². The fourth-order valence-corrected chi connectivity index (χ4v) is 4.34. The van der Waals surface area contributed by atoms with Crippen molar-refractivity contribution in [2.45, 2.75) is 44.4 Å². The fourth-order valence-electron chi connectivity index (χ4n) is 4.34. The van der Waals surface area contributed by atoms with Gasteiger partial charge in [0.15, 0.2) is 5.78 Å². The molecule has 4 rings (SSSR count). The first-order valence-electron chi connectivity index (χ1n) is 7.17. The van der Waals surface area contributed by atoms with Crippen LogP contribution in [0.3, 0.4) is 0 Å². The van der Waals surface area contributed by atoms with Crippen LogP contribution in [0, 0.1) is 5.92 Å². The van der Waals surface area contributed by atoms with Gasteiger partial charge in [0.25, 0.3) is 0 Å². The van der Waals surface area contributed by atoms with Crippen molar-refractivity contribution in [2.24, 2.45) is 5.92 Å². The Bertz CT molecular complexity index is 552. The molecule has 2 atom stereocenters. The third-order valence-corrected chi connectivity index (χ3v) is 5.11. The van der Waals surface area contributed by atoms with Gasteiger partial charge in [-0.15, -0.1) is 0 Å². The van der Waals surface area contributed by atoms with Crippen molar-refractivity contribution < 1.29 is 4.79 Å². The summed E-state index contributed by atoms with van der Waals surface area (Å²) in [6, 6.07) is 8.75. The Morgan fingerprint density at radius 3 is 2.83 bits per heavy atom. The van der Waals surface area contributed by atoms with Crippen molar-refractivity contribution in [3.05, 3.63) is 46.5 Å². The number of Topliss-reactive ketones (excluding diaryl/α,β-unsaturated/α-hetero) is 1. The smallest absolute Gasteiger partial charge is 0.159 e. The number of hydrogen-bond donors (Lipinski definition) is 0. The van der Waals surface area contributed by atoms with E-state index < -0.39 is 0 Å². The van der Waals surface area contributed by atoms with Crippen molar-refractivity contribution >= 4 is 5.78 Å². The molecule has 1 nitrogen and oxygen atoms in total. The van der Waals surface area contributed by atoms with Crippen molar-refractivity contribution in [1.29, 1.82) is 0 Å². The molecular weight excluding hydrogens is 220 g/mol. The number of carbonyl (C=O) groups is 1. The van der Waals surface area contributed by atoms with Crippen molar-refractivity contribution in [3.63, 3.8) is 0 Å². The summed E-state index contributed by atoms with van der Waals surface area (Å²) in [5, 5.41) is 0. The zero-order chi connectivity index (χ0) is 12.1. The van der Waals surface area contributed by atoms with E-state index in [1.54, 1.807) is 0 Å². The van der Waals surface area contributed by atoms with E-state index in [1.807, 2.05) is 0 Å². The summed E-state index contributed by atoms with van der Waals surface area (Å²) >= 11 is 0. The van der Waals surface area contributed by atoms with Gasteiger partial charge in [-0.25, -0.2) is 0 Å². The van der Waals surface area contributed by atoms with Gasteiger partial charge in [0, 0.05) is 6.42 Å². The summed E-state index contributed by atoms with van der Waals surface area (Å²) in [5.41, 5.74) is 5.69. The van der Waals surface area contributed by atoms with E-state index in [4.69, 9.17) is 0 Å². The molecule has 18 heavy (non-hydrogen) atoms. The maximum atomic E-state index is 12.3. The zero-order valence-corrected chi connectivity index (χ0v) is 10.6. The number of rotatable bonds is 0. The van der Waals surface area contributed by atoms with Crippen LogP contribution < -0.4 is 0 Å². The Balaban J connectivity index is 1.82. The molecule has 0 aromatic heterocycles. The van der Waals surface area contributed by atoms with Gasteiger partial charge in [-0.1, -0.05) is 29.8 Å². The first kappa shape index (κ1) is 10.5. The molecular formula is C17H18O. The second-order valence-corrected chi connectivity index (χ2v) is 5.94. The topological polar surface area (TPSA) is 17.1 Å². The van der Waals surface area contributed by atoms with Crippen molar-refractivity contribution in [1.82, 2.24) is 0 Å². The lowest BCUT2D eigenvalue weighted by atomic mass is 9.66. The van der Waals surface area contributed by atoms with E-state index in [0.717, 1.165) is 12.8 Å².